The number of ether oxygens (including phenoxy) is 3. The van der Waals surface area contributed by atoms with Crippen molar-refractivity contribution >= 4 is 11.6 Å². The Bertz CT molecular complexity index is 1370. The average Bonchev–Trinajstić information content (AvgIpc) is 2.90. The molecule has 1 aromatic carbocycles. The summed E-state index contributed by atoms with van der Waals surface area (Å²) in [5.74, 6) is 0.514. The second-order valence-electron chi connectivity index (χ2n) is 13.5. The van der Waals surface area contributed by atoms with Crippen molar-refractivity contribution in [1.29, 1.82) is 0 Å². The molecule has 0 radical (unpaired) electrons. The molecule has 1 saturated carbocycles. The lowest BCUT2D eigenvalue weighted by Gasteiger charge is -2.47. The number of morpholine rings is 1. The third-order valence-corrected chi connectivity index (χ3v) is 9.62. The number of hydrogen-bond donors (Lipinski definition) is 2. The summed E-state index contributed by atoms with van der Waals surface area (Å²) in [6.07, 6.45) is 4.73. The molecule has 2 unspecified atom stereocenters. The summed E-state index contributed by atoms with van der Waals surface area (Å²) in [5.41, 5.74) is 4.60. The molecule has 1 aliphatic carbocycles. The molecule has 2 N–H and O–H groups in total. The van der Waals surface area contributed by atoms with Crippen LogP contribution in [0.5, 0.6) is 5.75 Å². The minimum Gasteiger partial charge on any atom is -0.490 e. The van der Waals surface area contributed by atoms with Crippen molar-refractivity contribution in [2.24, 2.45) is 0 Å². The van der Waals surface area contributed by atoms with Gasteiger partial charge in [0.05, 0.1) is 24.4 Å². The number of pyridine rings is 1. The molecule has 44 heavy (non-hydrogen) atoms. The molecular formula is C35H52N4O5. The molecule has 2 aromatic rings. The predicted molar refractivity (Wildman–Crippen MR) is 174 cm³/mol. The SMILES string of the molecule is CCN(c1cc(OC2CC(N3C[C@@H](C)O[C@@H](C)C3)C2)cc(C(=O)NCc2c(C)cc(C)[nH]c2=O)c1C)C1CC(C)OC(C)C1. The minimum atomic E-state index is -0.207. The number of rotatable bonds is 9. The zero-order valence-electron chi connectivity index (χ0n) is 27.9. The highest BCUT2D eigenvalue weighted by atomic mass is 16.5. The van der Waals surface area contributed by atoms with Gasteiger partial charge in [-0.05, 0) is 91.5 Å². The van der Waals surface area contributed by atoms with Crippen LogP contribution >= 0.6 is 0 Å². The van der Waals surface area contributed by atoms with Crippen molar-refractivity contribution in [2.45, 2.75) is 130 Å². The number of nitrogens with one attached hydrogen (secondary N) is 2. The summed E-state index contributed by atoms with van der Waals surface area (Å²) >= 11 is 0. The molecule has 2 saturated heterocycles. The molecule has 242 valence electrons. The van der Waals surface area contributed by atoms with E-state index in [1.165, 1.54) is 0 Å². The lowest BCUT2D eigenvalue weighted by molar-refractivity contribution is -0.103. The Morgan fingerprint density at radius 3 is 2.23 bits per heavy atom. The summed E-state index contributed by atoms with van der Waals surface area (Å²) in [7, 11) is 0. The van der Waals surface area contributed by atoms with Crippen molar-refractivity contribution in [1.82, 2.24) is 15.2 Å². The van der Waals surface area contributed by atoms with E-state index in [0.717, 1.165) is 73.6 Å². The molecule has 3 aliphatic rings. The largest absolute Gasteiger partial charge is 0.490 e. The van der Waals surface area contributed by atoms with Gasteiger partial charge in [0.15, 0.2) is 0 Å². The molecule has 3 fully saturated rings. The van der Waals surface area contributed by atoms with Crippen molar-refractivity contribution < 1.29 is 19.0 Å². The number of anilines is 1. The van der Waals surface area contributed by atoms with Crippen LogP contribution in [0, 0.1) is 20.8 Å². The van der Waals surface area contributed by atoms with E-state index in [2.05, 4.69) is 60.8 Å². The maximum absolute atomic E-state index is 13.8. The van der Waals surface area contributed by atoms with Gasteiger partial charge in [0.1, 0.15) is 11.9 Å². The van der Waals surface area contributed by atoms with Gasteiger partial charge in [0, 0.05) is 79.7 Å². The minimum absolute atomic E-state index is 0.104. The molecule has 9 nitrogen and oxygen atoms in total. The van der Waals surface area contributed by atoms with E-state index >= 15 is 0 Å². The number of carbonyl (C=O) groups excluding carboxylic acids is 1. The topological polar surface area (TPSA) is 96.1 Å². The smallest absolute Gasteiger partial charge is 0.253 e. The van der Waals surface area contributed by atoms with E-state index in [9.17, 15) is 9.59 Å². The summed E-state index contributed by atoms with van der Waals surface area (Å²) in [6.45, 7) is 19.4. The molecule has 5 rings (SSSR count). The number of hydrogen-bond acceptors (Lipinski definition) is 7. The molecule has 0 bridgehead atoms. The van der Waals surface area contributed by atoms with E-state index in [-0.39, 0.29) is 48.5 Å². The van der Waals surface area contributed by atoms with Crippen LogP contribution in [0.4, 0.5) is 5.69 Å². The van der Waals surface area contributed by atoms with Crippen LogP contribution in [0.15, 0.2) is 23.0 Å². The average molecular weight is 609 g/mol. The van der Waals surface area contributed by atoms with Crippen LogP contribution in [0.3, 0.4) is 0 Å². The van der Waals surface area contributed by atoms with Crippen molar-refractivity contribution in [3.8, 4) is 5.75 Å². The highest BCUT2D eigenvalue weighted by Gasteiger charge is 2.38. The highest BCUT2D eigenvalue weighted by Crippen LogP contribution is 2.37. The first-order chi connectivity index (χ1) is 20.9. The van der Waals surface area contributed by atoms with E-state index in [0.29, 0.717) is 23.2 Å². The normalized spacial score (nSPS) is 29.1. The Labute approximate surface area is 262 Å². The standard InChI is InChI=1S/C35H52N4O5/c1-9-39(28-11-22(4)42-23(5)12-28)33-16-30(44-29-13-27(14-29)38-18-24(6)43-25(7)19-38)15-31(26(33)8)34(40)36-17-32-20(2)10-21(3)37-35(32)41/h10,15-16,22-25,27-29H,9,11-14,17-19H2,1-8H3,(H,36,40)(H,37,41)/t22?,23?,24-,25+,27?,28?,29?. The van der Waals surface area contributed by atoms with Crippen LogP contribution in [-0.4, -0.2) is 78.0 Å². The zero-order valence-corrected chi connectivity index (χ0v) is 27.9. The molecule has 0 spiro atoms. The second kappa shape index (κ2) is 13.6. The predicted octanol–water partition coefficient (Wildman–Crippen LogP) is 5.03. The zero-order chi connectivity index (χ0) is 31.7. The van der Waals surface area contributed by atoms with Gasteiger partial charge < -0.3 is 29.4 Å². The number of aromatic nitrogens is 1. The Morgan fingerprint density at radius 1 is 0.977 bits per heavy atom. The number of H-pyrrole nitrogens is 1. The van der Waals surface area contributed by atoms with Crippen LogP contribution in [-0.2, 0) is 16.0 Å². The third-order valence-electron chi connectivity index (χ3n) is 9.62. The fourth-order valence-corrected chi connectivity index (χ4v) is 7.53. The summed E-state index contributed by atoms with van der Waals surface area (Å²) < 4.78 is 18.6. The van der Waals surface area contributed by atoms with Gasteiger partial charge in [-0.3, -0.25) is 14.5 Å². The molecule has 1 aromatic heterocycles. The quantitative estimate of drug-likeness (QED) is 0.412. The van der Waals surface area contributed by atoms with Gasteiger partial charge in [-0.25, -0.2) is 0 Å². The number of carbonyl (C=O) groups is 1. The number of aromatic amines is 1. The first-order valence-electron chi connectivity index (χ1n) is 16.5. The lowest BCUT2D eigenvalue weighted by Crippen LogP contribution is -2.56. The maximum Gasteiger partial charge on any atom is 0.253 e. The number of aryl methyl sites for hydroxylation is 2. The van der Waals surface area contributed by atoms with Crippen molar-refractivity contribution in [3.05, 3.63) is 56.5 Å². The number of benzene rings is 1. The first-order valence-corrected chi connectivity index (χ1v) is 16.5. The second-order valence-corrected chi connectivity index (χ2v) is 13.5. The molecule has 3 heterocycles. The monoisotopic (exact) mass is 608 g/mol. The molecule has 4 atom stereocenters. The summed E-state index contributed by atoms with van der Waals surface area (Å²) in [4.78, 5) is 34.2. The fraction of sp³-hybridized carbons (Fsp3) is 0.657. The highest BCUT2D eigenvalue weighted by molar-refractivity contribution is 5.97. The first kappa shape index (κ1) is 32.5. The Balaban J connectivity index is 1.39. The van der Waals surface area contributed by atoms with Gasteiger partial charge in [-0.2, -0.15) is 0 Å². The molecule has 9 heteroatoms. The van der Waals surface area contributed by atoms with Crippen molar-refractivity contribution in [3.63, 3.8) is 0 Å². The summed E-state index contributed by atoms with van der Waals surface area (Å²) in [6, 6.07) is 6.74. The Kier molecular flexibility index (Phi) is 10.1. The number of amides is 1. The van der Waals surface area contributed by atoms with E-state index in [1.807, 2.05) is 32.9 Å². The van der Waals surface area contributed by atoms with E-state index in [4.69, 9.17) is 14.2 Å². The maximum atomic E-state index is 13.8. The van der Waals surface area contributed by atoms with Gasteiger partial charge in [0.25, 0.3) is 11.5 Å². The van der Waals surface area contributed by atoms with Crippen LogP contribution < -0.4 is 20.5 Å². The lowest BCUT2D eigenvalue weighted by atomic mass is 9.87. The fourth-order valence-electron chi connectivity index (χ4n) is 7.53. The van der Waals surface area contributed by atoms with E-state index in [1.54, 1.807) is 0 Å². The molecule has 2 aliphatic heterocycles. The summed E-state index contributed by atoms with van der Waals surface area (Å²) in [5, 5.41) is 3.03. The Morgan fingerprint density at radius 2 is 1.61 bits per heavy atom. The number of nitrogens with zero attached hydrogens (tertiary/aromatic N) is 2. The third kappa shape index (κ3) is 7.32. The molecule has 1 amide bonds. The van der Waals surface area contributed by atoms with Gasteiger partial charge in [0.2, 0.25) is 0 Å². The van der Waals surface area contributed by atoms with Crippen molar-refractivity contribution in [2.75, 3.05) is 24.5 Å². The van der Waals surface area contributed by atoms with Crippen LogP contribution in [0.1, 0.15) is 93.0 Å². The van der Waals surface area contributed by atoms with Crippen LogP contribution in [0.2, 0.25) is 0 Å². The van der Waals surface area contributed by atoms with Gasteiger partial charge in [-0.15, -0.1) is 0 Å². The van der Waals surface area contributed by atoms with Crippen LogP contribution in [0.25, 0.3) is 0 Å². The van der Waals surface area contributed by atoms with Gasteiger partial charge >= 0.3 is 0 Å². The van der Waals surface area contributed by atoms with E-state index < -0.39 is 0 Å². The van der Waals surface area contributed by atoms with Gasteiger partial charge in [-0.1, -0.05) is 0 Å². The Hall–Kier alpha value is -2.88. The molecular weight excluding hydrogens is 556 g/mol.